The van der Waals surface area contributed by atoms with Gasteiger partial charge in [-0.1, -0.05) is 0 Å². The van der Waals surface area contributed by atoms with Crippen LogP contribution in [0.3, 0.4) is 0 Å². The van der Waals surface area contributed by atoms with Crippen LogP contribution >= 0.6 is 15.9 Å². The third-order valence-electron chi connectivity index (χ3n) is 2.40. The van der Waals surface area contributed by atoms with Crippen LogP contribution in [0.25, 0.3) is 0 Å². The van der Waals surface area contributed by atoms with Crippen molar-refractivity contribution >= 4 is 37.3 Å². The van der Waals surface area contributed by atoms with Gasteiger partial charge in [0.15, 0.2) is 0 Å². The van der Waals surface area contributed by atoms with E-state index in [9.17, 15) is 8.42 Å². The van der Waals surface area contributed by atoms with Crippen molar-refractivity contribution in [1.29, 1.82) is 0 Å². The molecule has 2 rings (SSSR count). The number of pyridine rings is 1. The summed E-state index contributed by atoms with van der Waals surface area (Å²) in [7, 11) is -3.67. The fraction of sp³-hybridized carbons (Fsp3) is 0.0833. The molecule has 0 saturated carbocycles. The fourth-order valence-electron chi connectivity index (χ4n) is 1.59. The molecule has 0 aliphatic rings. The van der Waals surface area contributed by atoms with Crippen molar-refractivity contribution in [2.75, 3.05) is 10.5 Å². The Morgan fingerprint density at radius 1 is 1.32 bits per heavy atom. The molecule has 0 amide bonds. The molecule has 2 aromatic rings. The topological polar surface area (TPSA) is 85.1 Å². The minimum absolute atomic E-state index is 0.133. The van der Waals surface area contributed by atoms with Gasteiger partial charge in [0.05, 0.1) is 15.1 Å². The highest BCUT2D eigenvalue weighted by Gasteiger charge is 2.16. The largest absolute Gasteiger partial charge is 0.399 e. The zero-order chi connectivity index (χ0) is 14.0. The minimum atomic E-state index is -3.67. The first-order chi connectivity index (χ1) is 8.88. The lowest BCUT2D eigenvalue weighted by Gasteiger charge is -2.10. The van der Waals surface area contributed by atoms with E-state index < -0.39 is 10.0 Å². The van der Waals surface area contributed by atoms with Crippen molar-refractivity contribution in [3.63, 3.8) is 0 Å². The molecule has 0 atom stereocenters. The smallest absolute Gasteiger partial charge is 0.262 e. The molecule has 0 radical (unpaired) electrons. The van der Waals surface area contributed by atoms with Crippen LogP contribution in [0.4, 0.5) is 11.4 Å². The average Bonchev–Trinajstić information content (AvgIpc) is 2.31. The van der Waals surface area contributed by atoms with Gasteiger partial charge in [0.25, 0.3) is 10.0 Å². The van der Waals surface area contributed by atoms with Crippen molar-refractivity contribution in [2.45, 2.75) is 11.8 Å². The Kier molecular flexibility index (Phi) is 3.77. The van der Waals surface area contributed by atoms with E-state index in [1.807, 2.05) is 0 Å². The van der Waals surface area contributed by atoms with Crippen LogP contribution < -0.4 is 10.5 Å². The highest BCUT2D eigenvalue weighted by atomic mass is 79.9. The summed E-state index contributed by atoms with van der Waals surface area (Å²) in [5, 5.41) is 0. The second-order valence-electron chi connectivity index (χ2n) is 4.04. The molecule has 0 saturated heterocycles. The standard InChI is InChI=1S/C12H12BrN3O2S/c1-8-4-9(14)6-10(5-8)19(17,18)16-12-2-3-15-7-11(12)13/h2-7H,14H2,1H3,(H,15,16). The van der Waals surface area contributed by atoms with Gasteiger partial charge in [-0.2, -0.15) is 0 Å². The Hall–Kier alpha value is -1.60. The van der Waals surface area contributed by atoms with Gasteiger partial charge in [0, 0.05) is 18.1 Å². The SMILES string of the molecule is Cc1cc(N)cc(S(=O)(=O)Nc2ccncc2Br)c1. The first kappa shape index (κ1) is 13.8. The number of hydrogen-bond acceptors (Lipinski definition) is 4. The zero-order valence-electron chi connectivity index (χ0n) is 10.1. The number of aromatic nitrogens is 1. The van der Waals surface area contributed by atoms with Gasteiger partial charge in [-0.05, 0) is 52.7 Å². The molecule has 0 fully saturated rings. The number of rotatable bonds is 3. The molecule has 1 heterocycles. The van der Waals surface area contributed by atoms with E-state index in [1.165, 1.54) is 18.5 Å². The van der Waals surface area contributed by atoms with Crippen LogP contribution in [0.15, 0.2) is 46.0 Å². The van der Waals surface area contributed by atoms with Crippen molar-refractivity contribution in [3.05, 3.63) is 46.7 Å². The molecular formula is C12H12BrN3O2S. The number of nitrogens with two attached hydrogens (primary N) is 1. The molecule has 1 aromatic carbocycles. The highest BCUT2D eigenvalue weighted by Crippen LogP contribution is 2.24. The molecule has 5 nitrogen and oxygen atoms in total. The summed E-state index contributed by atoms with van der Waals surface area (Å²) in [5.41, 5.74) is 7.29. The fourth-order valence-corrected chi connectivity index (χ4v) is 3.29. The number of nitrogen functional groups attached to an aromatic ring is 1. The third-order valence-corrected chi connectivity index (χ3v) is 4.38. The summed E-state index contributed by atoms with van der Waals surface area (Å²) in [6.45, 7) is 1.79. The number of sulfonamides is 1. The maximum Gasteiger partial charge on any atom is 0.262 e. The van der Waals surface area contributed by atoms with Crippen LogP contribution in [0, 0.1) is 6.92 Å². The monoisotopic (exact) mass is 341 g/mol. The third kappa shape index (κ3) is 3.24. The summed E-state index contributed by atoms with van der Waals surface area (Å²) < 4.78 is 27.6. The van der Waals surface area contributed by atoms with E-state index in [1.54, 1.807) is 25.1 Å². The lowest BCUT2D eigenvalue weighted by Crippen LogP contribution is -2.14. The van der Waals surface area contributed by atoms with Gasteiger partial charge in [0.2, 0.25) is 0 Å². The highest BCUT2D eigenvalue weighted by molar-refractivity contribution is 9.10. The number of benzene rings is 1. The van der Waals surface area contributed by atoms with Crippen LogP contribution in [-0.4, -0.2) is 13.4 Å². The van der Waals surface area contributed by atoms with Crippen molar-refractivity contribution in [2.24, 2.45) is 0 Å². The molecule has 100 valence electrons. The molecule has 19 heavy (non-hydrogen) atoms. The molecular weight excluding hydrogens is 330 g/mol. The average molecular weight is 342 g/mol. The first-order valence-corrected chi connectivity index (χ1v) is 7.65. The molecule has 0 aliphatic carbocycles. The van der Waals surface area contributed by atoms with E-state index in [0.29, 0.717) is 15.8 Å². The summed E-state index contributed by atoms with van der Waals surface area (Å²) in [6.07, 6.45) is 3.02. The molecule has 0 spiro atoms. The van der Waals surface area contributed by atoms with E-state index in [2.05, 4.69) is 25.6 Å². The Labute approximate surface area is 120 Å². The van der Waals surface area contributed by atoms with Gasteiger partial charge in [0.1, 0.15) is 0 Å². The summed E-state index contributed by atoms with van der Waals surface area (Å²) >= 11 is 3.24. The lowest BCUT2D eigenvalue weighted by molar-refractivity contribution is 0.601. The Morgan fingerprint density at radius 2 is 2.05 bits per heavy atom. The molecule has 7 heteroatoms. The maximum absolute atomic E-state index is 12.3. The molecule has 0 bridgehead atoms. The van der Waals surface area contributed by atoms with Crippen molar-refractivity contribution < 1.29 is 8.42 Å². The van der Waals surface area contributed by atoms with E-state index in [-0.39, 0.29) is 4.90 Å². The van der Waals surface area contributed by atoms with E-state index in [4.69, 9.17) is 5.73 Å². The van der Waals surface area contributed by atoms with E-state index in [0.717, 1.165) is 5.56 Å². The molecule has 0 aliphatic heterocycles. The number of hydrogen-bond donors (Lipinski definition) is 2. The second kappa shape index (κ2) is 5.18. The normalized spacial score (nSPS) is 11.3. The Balaban J connectivity index is 2.41. The number of nitrogens with one attached hydrogen (secondary N) is 1. The lowest BCUT2D eigenvalue weighted by atomic mass is 10.2. The van der Waals surface area contributed by atoms with Gasteiger partial charge in [-0.3, -0.25) is 9.71 Å². The van der Waals surface area contributed by atoms with Crippen LogP contribution in [0.1, 0.15) is 5.56 Å². The van der Waals surface area contributed by atoms with Crippen molar-refractivity contribution in [1.82, 2.24) is 4.98 Å². The molecule has 3 N–H and O–H groups in total. The second-order valence-corrected chi connectivity index (χ2v) is 6.58. The molecule has 0 unspecified atom stereocenters. The maximum atomic E-state index is 12.3. The first-order valence-electron chi connectivity index (χ1n) is 5.38. The predicted octanol–water partition coefficient (Wildman–Crippen LogP) is 2.54. The van der Waals surface area contributed by atoms with Gasteiger partial charge < -0.3 is 5.73 Å². The Bertz CT molecular complexity index is 696. The van der Waals surface area contributed by atoms with Gasteiger partial charge >= 0.3 is 0 Å². The van der Waals surface area contributed by atoms with Crippen LogP contribution in [-0.2, 0) is 10.0 Å². The predicted molar refractivity (Wildman–Crippen MR) is 78.3 cm³/mol. The van der Waals surface area contributed by atoms with Crippen LogP contribution in [0.5, 0.6) is 0 Å². The number of halogens is 1. The van der Waals surface area contributed by atoms with E-state index >= 15 is 0 Å². The van der Waals surface area contributed by atoms with Crippen molar-refractivity contribution in [3.8, 4) is 0 Å². The number of anilines is 2. The molecule has 1 aromatic heterocycles. The summed E-state index contributed by atoms with van der Waals surface area (Å²) in [6, 6.07) is 6.26. The zero-order valence-corrected chi connectivity index (χ0v) is 12.5. The number of nitrogens with zero attached hydrogens (tertiary/aromatic N) is 1. The summed E-state index contributed by atoms with van der Waals surface area (Å²) in [4.78, 5) is 4.01. The van der Waals surface area contributed by atoms with Gasteiger partial charge in [-0.15, -0.1) is 0 Å². The van der Waals surface area contributed by atoms with Crippen LogP contribution in [0.2, 0.25) is 0 Å². The minimum Gasteiger partial charge on any atom is -0.399 e. The Morgan fingerprint density at radius 3 is 2.68 bits per heavy atom. The quantitative estimate of drug-likeness (QED) is 0.840. The number of aryl methyl sites for hydroxylation is 1. The summed E-state index contributed by atoms with van der Waals surface area (Å²) in [5.74, 6) is 0. The van der Waals surface area contributed by atoms with Gasteiger partial charge in [-0.25, -0.2) is 8.42 Å².